The van der Waals surface area contributed by atoms with Crippen molar-refractivity contribution in [3.8, 4) is 0 Å². The fraction of sp³-hybridized carbons (Fsp3) is 0.593. The smallest absolute Gasteiger partial charge is 0.333 e. The monoisotopic (exact) mass is 549 g/mol. The summed E-state index contributed by atoms with van der Waals surface area (Å²) in [6, 6.07) is 7.22. The molecule has 0 aliphatic carbocycles. The second-order valence-corrected chi connectivity index (χ2v) is 15.2. The Hall–Kier alpha value is -2.60. The predicted molar refractivity (Wildman–Crippen MR) is 146 cm³/mol. The van der Waals surface area contributed by atoms with E-state index in [0.29, 0.717) is 12.0 Å². The van der Waals surface area contributed by atoms with Crippen LogP contribution in [0.5, 0.6) is 0 Å². The molecule has 1 aliphatic heterocycles. The van der Waals surface area contributed by atoms with Crippen LogP contribution in [-0.4, -0.2) is 59.0 Å². The minimum Gasteiger partial charge on any atom is -0.394 e. The third kappa shape index (κ3) is 6.33. The van der Waals surface area contributed by atoms with E-state index in [2.05, 4.69) is 5.32 Å². The summed E-state index contributed by atoms with van der Waals surface area (Å²) in [5.74, 6) is -0.202. The Kier molecular flexibility index (Phi) is 9.85. The van der Waals surface area contributed by atoms with Gasteiger partial charge in [0.2, 0.25) is 5.91 Å². The number of carbonyl (C=O) groups is 1. The van der Waals surface area contributed by atoms with Crippen LogP contribution >= 0.6 is 0 Å². The maximum Gasteiger partial charge on any atom is 0.333 e. The second-order valence-electron chi connectivity index (χ2n) is 10.7. The highest BCUT2D eigenvalue weighted by Crippen LogP contribution is 2.33. The molecule has 3 rings (SSSR count). The number of hydrogen-bond donors (Lipinski definition) is 3. The average molecular weight is 550 g/mol. The van der Waals surface area contributed by atoms with Gasteiger partial charge in [0, 0.05) is 31.3 Å². The molecular formula is C27H40FN3O6Si. The van der Waals surface area contributed by atoms with Gasteiger partial charge in [-0.25, -0.2) is 4.79 Å². The van der Waals surface area contributed by atoms with Gasteiger partial charge in [0.05, 0.1) is 19.1 Å². The molecule has 3 N–H and O–H groups in total. The van der Waals surface area contributed by atoms with E-state index in [1.165, 1.54) is 10.8 Å². The van der Waals surface area contributed by atoms with Crippen LogP contribution < -0.4 is 21.8 Å². The van der Waals surface area contributed by atoms with E-state index in [0.717, 1.165) is 15.3 Å². The number of amides is 1. The summed E-state index contributed by atoms with van der Waals surface area (Å²) >= 11 is 0. The van der Waals surface area contributed by atoms with Gasteiger partial charge in [0.1, 0.15) is 12.3 Å². The molecule has 1 fully saturated rings. The third-order valence-corrected chi connectivity index (χ3v) is 12.0. The lowest BCUT2D eigenvalue weighted by Gasteiger charge is -2.30. The van der Waals surface area contributed by atoms with Crippen molar-refractivity contribution >= 4 is 19.5 Å². The van der Waals surface area contributed by atoms with Crippen molar-refractivity contribution in [3.63, 3.8) is 0 Å². The van der Waals surface area contributed by atoms with Crippen LogP contribution in [0.4, 0.5) is 4.11 Å². The Bertz CT molecular complexity index is 1220. The van der Waals surface area contributed by atoms with E-state index in [4.69, 9.17) is 4.74 Å². The molecule has 1 saturated heterocycles. The fourth-order valence-electron chi connectivity index (χ4n) is 5.14. The van der Waals surface area contributed by atoms with Crippen molar-refractivity contribution in [2.45, 2.75) is 89.9 Å². The molecule has 0 radical (unpaired) electrons. The fourth-order valence-corrected chi connectivity index (χ4v) is 8.48. The number of hydrogen-bond acceptors (Lipinski definition) is 6. The van der Waals surface area contributed by atoms with Gasteiger partial charge in [0.15, 0.2) is 0 Å². The summed E-state index contributed by atoms with van der Waals surface area (Å²) in [4.78, 5) is 38.0. The minimum atomic E-state index is -3.12. The maximum absolute atomic E-state index is 15.7. The molecule has 9 nitrogen and oxygen atoms in total. The Balaban J connectivity index is 1.58. The molecule has 0 saturated carbocycles. The number of aromatic nitrogens is 2. The first-order valence-electron chi connectivity index (χ1n) is 13.2. The SMILES string of the molecule is Cc1cn([C@H]2C[C@H](O)[C@@H](CO)O2)c(=O)n(CCCNC(=O)Cc2ccc([Si](F)(C(C)C)C(C)C)cc2)c1=O. The molecule has 1 amide bonds. The lowest BCUT2D eigenvalue weighted by molar-refractivity contribution is -0.120. The zero-order valence-electron chi connectivity index (χ0n) is 22.8. The first-order valence-corrected chi connectivity index (χ1v) is 15.2. The van der Waals surface area contributed by atoms with Crippen molar-refractivity contribution in [2.75, 3.05) is 13.2 Å². The topological polar surface area (TPSA) is 123 Å². The van der Waals surface area contributed by atoms with E-state index in [-0.39, 0.29) is 49.5 Å². The van der Waals surface area contributed by atoms with Crippen molar-refractivity contribution in [1.82, 2.24) is 14.5 Å². The van der Waals surface area contributed by atoms with E-state index in [1.807, 2.05) is 27.7 Å². The number of nitrogens with one attached hydrogen (secondary N) is 1. The van der Waals surface area contributed by atoms with E-state index in [1.54, 1.807) is 31.2 Å². The summed E-state index contributed by atoms with van der Waals surface area (Å²) in [5, 5.41) is 22.9. The van der Waals surface area contributed by atoms with Crippen LogP contribution in [-0.2, 0) is 22.5 Å². The molecule has 1 aromatic heterocycles. The Morgan fingerprint density at radius 1 is 1.18 bits per heavy atom. The number of ether oxygens (including phenoxy) is 1. The van der Waals surface area contributed by atoms with Gasteiger partial charge < -0.3 is 24.4 Å². The zero-order valence-corrected chi connectivity index (χ0v) is 23.8. The molecule has 0 bridgehead atoms. The van der Waals surface area contributed by atoms with Gasteiger partial charge in [-0.2, -0.15) is 0 Å². The first-order chi connectivity index (χ1) is 17.9. The molecule has 2 heterocycles. The number of aliphatic hydroxyl groups excluding tert-OH is 2. The van der Waals surface area contributed by atoms with Gasteiger partial charge in [0.25, 0.3) is 14.0 Å². The van der Waals surface area contributed by atoms with Crippen molar-refractivity contribution in [2.24, 2.45) is 0 Å². The molecule has 1 aromatic carbocycles. The normalized spacial score (nSPS) is 19.9. The molecule has 3 atom stereocenters. The largest absolute Gasteiger partial charge is 0.394 e. The average Bonchev–Trinajstić information content (AvgIpc) is 3.25. The van der Waals surface area contributed by atoms with E-state index >= 15 is 4.11 Å². The van der Waals surface area contributed by atoms with Crippen LogP contribution in [0.2, 0.25) is 11.1 Å². The van der Waals surface area contributed by atoms with Crippen LogP contribution in [0.1, 0.15) is 57.9 Å². The molecule has 38 heavy (non-hydrogen) atoms. The first kappa shape index (κ1) is 29.9. The molecular weight excluding hydrogens is 509 g/mol. The molecule has 0 spiro atoms. The van der Waals surface area contributed by atoms with Crippen molar-refractivity contribution < 1.29 is 23.9 Å². The van der Waals surface area contributed by atoms with E-state index in [9.17, 15) is 24.6 Å². The number of carbonyl (C=O) groups excluding carboxylic acids is 1. The molecule has 210 valence electrons. The quantitative estimate of drug-likeness (QED) is 0.223. The molecule has 2 aromatic rings. The van der Waals surface area contributed by atoms with Crippen molar-refractivity contribution in [1.29, 1.82) is 0 Å². The number of aliphatic hydroxyl groups is 2. The van der Waals surface area contributed by atoms with Crippen LogP contribution in [0.25, 0.3) is 0 Å². The lowest BCUT2D eigenvalue weighted by atomic mass is 10.1. The highest BCUT2D eigenvalue weighted by Gasteiger charge is 2.43. The van der Waals surface area contributed by atoms with Gasteiger partial charge >= 0.3 is 5.69 Å². The maximum atomic E-state index is 15.7. The highest BCUT2D eigenvalue weighted by atomic mass is 28.4. The lowest BCUT2D eigenvalue weighted by Crippen LogP contribution is -2.49. The molecule has 1 aliphatic rings. The van der Waals surface area contributed by atoms with E-state index < -0.39 is 38.1 Å². The number of nitrogens with zero attached hydrogens (tertiary/aromatic N) is 2. The van der Waals surface area contributed by atoms with Gasteiger partial charge in [-0.3, -0.25) is 18.7 Å². The van der Waals surface area contributed by atoms with Crippen LogP contribution in [0, 0.1) is 6.92 Å². The molecule has 0 unspecified atom stereocenters. The summed E-state index contributed by atoms with van der Waals surface area (Å²) in [6.07, 6.45) is -0.434. The Labute approximate surface area is 223 Å². The summed E-state index contributed by atoms with van der Waals surface area (Å²) < 4.78 is 23.7. The predicted octanol–water partition coefficient (Wildman–Crippen LogP) is 1.65. The number of halogens is 1. The van der Waals surface area contributed by atoms with Gasteiger partial charge in [-0.05, 0) is 35.2 Å². The van der Waals surface area contributed by atoms with Gasteiger partial charge in [-0.15, -0.1) is 0 Å². The minimum absolute atomic E-state index is 0.0450. The standard InChI is InChI=1S/C27H40FN3O6Si/c1-17(2)38(28,18(3)4)21-9-7-20(8-10-21)13-24(34)29-11-6-12-30-26(35)19(5)15-31(27(30)36)25-14-22(33)23(16-32)37-25/h7-10,15,17-18,22-23,25,32-33H,6,11-14,16H2,1-5H3,(H,29,34)/t22-,23+,25+/m0/s1. The highest BCUT2D eigenvalue weighted by molar-refractivity contribution is 6.88. The summed E-state index contributed by atoms with van der Waals surface area (Å²) in [5.41, 5.74) is 0.0434. The summed E-state index contributed by atoms with van der Waals surface area (Å²) in [7, 11) is -3.12. The van der Waals surface area contributed by atoms with Crippen molar-refractivity contribution in [3.05, 3.63) is 62.4 Å². The number of benzene rings is 1. The van der Waals surface area contributed by atoms with Crippen LogP contribution in [0.3, 0.4) is 0 Å². The molecule has 11 heteroatoms. The Morgan fingerprint density at radius 3 is 2.37 bits per heavy atom. The number of aryl methyl sites for hydroxylation is 1. The third-order valence-electron chi connectivity index (χ3n) is 7.38. The van der Waals surface area contributed by atoms with Gasteiger partial charge in [-0.1, -0.05) is 52.0 Å². The van der Waals surface area contributed by atoms with Crippen LogP contribution in [0.15, 0.2) is 40.1 Å². The number of rotatable bonds is 11. The summed E-state index contributed by atoms with van der Waals surface area (Å²) in [6.45, 7) is 9.28. The Morgan fingerprint density at radius 2 is 1.82 bits per heavy atom. The second kappa shape index (κ2) is 12.5. The zero-order chi connectivity index (χ0) is 28.2.